The molecule has 21 heteroatoms. The van der Waals surface area contributed by atoms with E-state index >= 15 is 0 Å². The molecule has 3 aliphatic heterocycles. The Hall–Kier alpha value is -10.8. The van der Waals surface area contributed by atoms with Gasteiger partial charge in [0.2, 0.25) is 17.5 Å². The van der Waals surface area contributed by atoms with Crippen LogP contribution in [0.3, 0.4) is 0 Å². The standard InChI is InChI=1S/2C26H26N2O.C20H22O3.C9H13N3O2.C6H6O2.C4H9NO2.C4H3O.Li/c2*1-15-12-13-19-18(14-15)22-24-23(27-20-10-6-7-11-21(20)28-24)16-8-4-5-9-17(16)25(22)29-26(19,2)3;1-11-8-9-15-14(10-11)16-18(22)17(21)12-6-4-5-7-13(12)19(16)23-20(15,2)3;1-12(14-2)9(13)6-3-4-7(10)8(11)5-6;1-5(7)6-2-3-8-4-6;1-4(6)5(2)7-3;1-2-4-5-3-1;/h2*4-11,15,18-19H,12-14H2,1-3H3;4-7,11,14-15H,8-10H2,1-3H3;3-5H,10-11H2,1-2H3;2-4H,1H3;1-3H3;1,3-4H;/q;;;;;;-1;+1/t2*15-,18-,19-;11-,14-,15-;;;;;/m000...../s1. The van der Waals surface area contributed by atoms with Crippen LogP contribution in [0.1, 0.15) is 194 Å². The topological polar surface area (TPSA) is 268 Å². The number of benzene rings is 8. The van der Waals surface area contributed by atoms with Crippen molar-refractivity contribution in [3.05, 3.63) is 222 Å². The number of nitrogens with zero attached hydrogens (tertiary/aromatic N) is 6. The Balaban J connectivity index is 0.000000134. The van der Waals surface area contributed by atoms with E-state index in [2.05, 4.69) is 155 Å². The van der Waals surface area contributed by atoms with E-state index in [1.165, 1.54) is 120 Å². The predicted molar refractivity (Wildman–Crippen MR) is 451 cm³/mol. The van der Waals surface area contributed by atoms with Gasteiger partial charge in [-0.1, -0.05) is 143 Å². The fraction of sp³-hybridized carbons (Fsp3) is 0.379. The van der Waals surface area contributed by atoms with Crippen molar-refractivity contribution >= 4 is 112 Å². The largest absolute Gasteiger partial charge is 1.00 e. The molecule has 0 radical (unpaired) electrons. The molecule has 3 fully saturated rings. The third kappa shape index (κ3) is 17.4. The number of anilines is 2. The van der Waals surface area contributed by atoms with Gasteiger partial charge in [0.15, 0.2) is 5.78 Å². The second-order valence-corrected chi connectivity index (χ2v) is 33.2. The van der Waals surface area contributed by atoms with E-state index in [-0.39, 0.29) is 70.7 Å². The van der Waals surface area contributed by atoms with E-state index < -0.39 is 0 Å². The number of ether oxygens (including phenoxy) is 3. The Morgan fingerprint density at radius 1 is 0.483 bits per heavy atom. The van der Waals surface area contributed by atoms with Gasteiger partial charge >= 0.3 is 18.9 Å². The molecule has 19 rings (SSSR count). The van der Waals surface area contributed by atoms with Gasteiger partial charge in [0.05, 0.1) is 81.6 Å². The number of allylic oxidation sites excluding steroid dienone is 1. The number of nitrogens with two attached hydrogens (primary N) is 2. The number of Topliss-reactive ketones (excluding diaryl/α,β-unsaturated/α-hetero) is 3. The maximum Gasteiger partial charge on any atom is 1.00 e. The van der Waals surface area contributed by atoms with E-state index in [4.69, 9.17) is 50.5 Å². The van der Waals surface area contributed by atoms with E-state index in [1.54, 1.807) is 49.7 Å². The van der Waals surface area contributed by atoms with Gasteiger partial charge in [-0.3, -0.25) is 33.6 Å². The van der Waals surface area contributed by atoms with Gasteiger partial charge in [0.1, 0.15) is 40.3 Å². The molecule has 116 heavy (non-hydrogen) atoms. The first-order valence-corrected chi connectivity index (χ1v) is 39.9. The number of furan rings is 2. The smallest absolute Gasteiger partial charge is 0.576 e. The molecule has 0 saturated heterocycles. The number of ketones is 3. The first kappa shape index (κ1) is 84.6. The molecule has 20 nitrogen and oxygen atoms in total. The van der Waals surface area contributed by atoms with Crippen LogP contribution < -0.4 is 39.8 Å². The third-order valence-electron chi connectivity index (χ3n) is 24.2. The molecule has 0 spiro atoms. The summed E-state index contributed by atoms with van der Waals surface area (Å²) in [5.41, 5.74) is 24.8. The monoisotopic (exact) mass is 1560 g/mol. The number of carbonyl (C=O) groups is 5. The van der Waals surface area contributed by atoms with Crippen LogP contribution in [0.25, 0.3) is 71.4 Å². The number of rotatable bonds is 4. The Labute approximate surface area is 690 Å². The number of amides is 2. The van der Waals surface area contributed by atoms with Gasteiger partial charge in [-0.05, 0) is 177 Å². The molecule has 2 amide bonds. The Bertz CT molecular complexity index is 5430. The molecule has 3 saturated carbocycles. The second kappa shape index (κ2) is 35.4. The summed E-state index contributed by atoms with van der Waals surface area (Å²) in [6.07, 6.45) is 16.6. The van der Waals surface area contributed by atoms with Gasteiger partial charge < -0.3 is 34.5 Å². The van der Waals surface area contributed by atoms with Crippen LogP contribution in [0.2, 0.25) is 0 Å². The zero-order chi connectivity index (χ0) is 81.9. The summed E-state index contributed by atoms with van der Waals surface area (Å²) < 4.78 is 29.1. The zero-order valence-electron chi connectivity index (χ0n) is 69.5. The minimum Gasteiger partial charge on any atom is -0.576 e. The molecule has 12 aromatic rings. The molecular formula is C95H105LiN8O12. The van der Waals surface area contributed by atoms with E-state index in [0.29, 0.717) is 74.9 Å². The van der Waals surface area contributed by atoms with E-state index in [1.807, 2.05) is 36.4 Å². The molecular weight excluding hydrogens is 1450 g/mol. The molecule has 9 atom stereocenters. The summed E-state index contributed by atoms with van der Waals surface area (Å²) in [5, 5.41) is 6.88. The molecule has 7 aliphatic rings. The van der Waals surface area contributed by atoms with Crippen LogP contribution in [0.15, 0.2) is 191 Å². The quantitative estimate of drug-likeness (QED) is 0.0242. The number of nitrogen functional groups attached to an aromatic ring is 2. The molecule has 4 N–H and O–H groups in total. The Kier molecular flexibility index (Phi) is 25.8. The van der Waals surface area contributed by atoms with Crippen molar-refractivity contribution in [2.75, 3.05) is 39.8 Å². The summed E-state index contributed by atoms with van der Waals surface area (Å²) in [4.78, 5) is 87.3. The third-order valence-corrected chi connectivity index (χ3v) is 24.2. The molecule has 4 aromatic heterocycles. The molecule has 7 heterocycles. The first-order valence-electron chi connectivity index (χ1n) is 39.9. The normalized spacial score (nSPS) is 21.8. The van der Waals surface area contributed by atoms with E-state index in [0.717, 1.165) is 113 Å². The number of hydrogen-bond donors (Lipinski definition) is 2. The minimum absolute atomic E-state index is 0. The molecule has 4 aliphatic carbocycles. The van der Waals surface area contributed by atoms with Gasteiger partial charge in [-0.15, -0.1) is 0 Å². The number of fused-ring (bicyclic) bond motifs is 22. The maximum absolute atomic E-state index is 12.8. The van der Waals surface area contributed by atoms with Gasteiger partial charge in [0, 0.05) is 93.7 Å². The Morgan fingerprint density at radius 2 is 0.914 bits per heavy atom. The van der Waals surface area contributed by atoms with Crippen molar-refractivity contribution in [1.29, 1.82) is 0 Å². The van der Waals surface area contributed by atoms with Crippen LogP contribution in [0, 0.1) is 47.5 Å². The van der Waals surface area contributed by atoms with Crippen LogP contribution in [-0.4, -0.2) is 104 Å². The molecule has 0 unspecified atom stereocenters. The van der Waals surface area contributed by atoms with E-state index in [9.17, 15) is 24.0 Å². The second-order valence-electron chi connectivity index (χ2n) is 33.2. The van der Waals surface area contributed by atoms with Gasteiger partial charge in [-0.25, -0.2) is 36.1 Å². The number of para-hydroxylation sites is 4. The van der Waals surface area contributed by atoms with Crippen molar-refractivity contribution in [3.8, 4) is 11.5 Å². The van der Waals surface area contributed by atoms with Crippen LogP contribution in [0.4, 0.5) is 11.4 Å². The summed E-state index contributed by atoms with van der Waals surface area (Å²) in [5.74, 6) is 6.16. The summed E-state index contributed by atoms with van der Waals surface area (Å²) in [6.45, 7) is 23.3. The fourth-order valence-corrected chi connectivity index (χ4v) is 18.1. The minimum atomic E-state index is -0.375. The summed E-state index contributed by atoms with van der Waals surface area (Å²) in [7, 11) is 5.94. The SMILES string of the molecule is CC(=O)c1ccoc1.CON(C)C(=O)c1ccc(N)c(N)c1.CON(C)C(C)=O.C[C@H]1CC[C@H]2[C@H](C1)C1=C(OC2(C)C)c2ccccc2C(=O)C1=O.C[C@H]1CC[C@H]2[C@H](C1)c1c(c3ccccc3c3nc4ccccc4nc13)OC2(C)C.C[C@H]1CC[C@H]2[C@H](C1)c1c(c3ccccc3c3nc4ccccc4nc13)OC2(C)C.[Li+].[c-]1ccoc1. The van der Waals surface area contributed by atoms with Crippen molar-refractivity contribution in [1.82, 2.24) is 30.1 Å². The van der Waals surface area contributed by atoms with Gasteiger partial charge in [0.25, 0.3) is 5.91 Å². The van der Waals surface area contributed by atoms with Crippen LogP contribution >= 0.6 is 0 Å². The predicted octanol–water partition coefficient (Wildman–Crippen LogP) is 17.4. The maximum atomic E-state index is 12.8. The molecule has 598 valence electrons. The van der Waals surface area contributed by atoms with Crippen LogP contribution in [-0.2, 0) is 24.0 Å². The van der Waals surface area contributed by atoms with Crippen molar-refractivity contribution < 1.29 is 75.6 Å². The average molecular weight is 1560 g/mol. The Morgan fingerprint density at radius 3 is 1.31 bits per heavy atom. The number of hydroxylamine groups is 4. The molecule has 0 bridgehead atoms. The average Bonchev–Trinajstić information content (AvgIpc) is 0.775. The van der Waals surface area contributed by atoms with Gasteiger partial charge in [-0.2, -0.15) is 6.07 Å². The van der Waals surface area contributed by atoms with Crippen LogP contribution in [0.5, 0.6) is 11.5 Å². The molecule has 8 aromatic carbocycles. The van der Waals surface area contributed by atoms with Crippen molar-refractivity contribution in [2.24, 2.45) is 41.4 Å². The first-order chi connectivity index (χ1) is 55.0. The zero-order valence-corrected chi connectivity index (χ0v) is 69.5. The summed E-state index contributed by atoms with van der Waals surface area (Å²) >= 11 is 0. The fourth-order valence-electron chi connectivity index (χ4n) is 18.1. The summed E-state index contributed by atoms with van der Waals surface area (Å²) in [6, 6.07) is 51.6. The number of carbonyl (C=O) groups excluding carboxylic acids is 5. The number of hydrogen-bond acceptors (Lipinski definition) is 18. The van der Waals surface area contributed by atoms with Crippen molar-refractivity contribution in [2.45, 2.75) is 163 Å². The van der Waals surface area contributed by atoms with Crippen molar-refractivity contribution in [3.63, 3.8) is 0 Å². The number of aromatic nitrogens is 4.